The Morgan fingerprint density at radius 3 is 2.67 bits per heavy atom. The van der Waals surface area contributed by atoms with E-state index in [1.807, 2.05) is 5.10 Å². The van der Waals surface area contributed by atoms with Crippen molar-refractivity contribution >= 4 is 11.6 Å². The third kappa shape index (κ3) is 3.72. The molecule has 0 saturated carbocycles. The molecule has 1 aromatic carbocycles. The third-order valence-corrected chi connectivity index (χ3v) is 3.45. The molecule has 27 heavy (non-hydrogen) atoms. The van der Waals surface area contributed by atoms with Crippen molar-refractivity contribution in [2.75, 3.05) is 5.32 Å². The van der Waals surface area contributed by atoms with Gasteiger partial charge in [0.1, 0.15) is 0 Å². The van der Waals surface area contributed by atoms with E-state index in [4.69, 9.17) is 6.42 Å². The minimum atomic E-state index is -4.90. The minimum Gasteiger partial charge on any atom is -0.322 e. The van der Waals surface area contributed by atoms with Crippen molar-refractivity contribution in [3.63, 3.8) is 0 Å². The molecule has 0 bridgehead atoms. The van der Waals surface area contributed by atoms with Crippen molar-refractivity contribution in [2.24, 2.45) is 0 Å². The van der Waals surface area contributed by atoms with Gasteiger partial charge in [-0.2, -0.15) is 23.4 Å². The lowest BCUT2D eigenvalue weighted by Gasteiger charge is -2.12. The molecule has 7 nitrogen and oxygen atoms in total. The Labute approximate surface area is 149 Å². The van der Waals surface area contributed by atoms with E-state index in [1.165, 1.54) is 12.1 Å². The molecule has 0 spiro atoms. The molecule has 136 valence electrons. The molecule has 0 unspecified atom stereocenters. The summed E-state index contributed by atoms with van der Waals surface area (Å²) in [5.74, 6) is 1.04. The first-order chi connectivity index (χ1) is 12.8. The van der Waals surface area contributed by atoms with Gasteiger partial charge in [0.25, 0.3) is 11.5 Å². The topological polar surface area (TPSA) is 92.7 Å². The summed E-state index contributed by atoms with van der Waals surface area (Å²) < 4.78 is 41.1. The van der Waals surface area contributed by atoms with Crippen LogP contribution in [-0.4, -0.2) is 25.9 Å². The van der Waals surface area contributed by atoms with Gasteiger partial charge in [-0.1, -0.05) is 12.0 Å². The summed E-state index contributed by atoms with van der Waals surface area (Å²) in [6.07, 6.45) is 1.14. The van der Waals surface area contributed by atoms with Crippen molar-refractivity contribution in [3.05, 3.63) is 69.8 Å². The number of benzene rings is 1. The molecule has 0 atom stereocenters. The molecule has 2 heterocycles. The number of anilines is 1. The Morgan fingerprint density at radius 2 is 2.04 bits per heavy atom. The maximum atomic E-state index is 13.6. The van der Waals surface area contributed by atoms with Gasteiger partial charge in [-0.25, -0.2) is 9.78 Å². The lowest BCUT2D eigenvalue weighted by molar-refractivity contribution is -0.143. The fraction of sp³-hybridized carbons (Fsp3) is 0.0588. The van der Waals surface area contributed by atoms with Gasteiger partial charge in [0.05, 0.1) is 11.8 Å². The predicted molar refractivity (Wildman–Crippen MR) is 89.3 cm³/mol. The molecule has 0 radical (unpaired) electrons. The van der Waals surface area contributed by atoms with Crippen LogP contribution in [0, 0.1) is 12.3 Å². The number of nitrogens with one attached hydrogen (secondary N) is 2. The van der Waals surface area contributed by atoms with Crippen LogP contribution in [0.5, 0.6) is 0 Å². The monoisotopic (exact) mass is 373 g/mol. The Morgan fingerprint density at radius 1 is 1.26 bits per heavy atom. The number of aromatic nitrogens is 4. The lowest BCUT2D eigenvalue weighted by atomic mass is 10.2. The number of carbonyl (C=O) groups excluding carboxylic acids is 1. The number of alkyl halides is 3. The van der Waals surface area contributed by atoms with Crippen LogP contribution in [0.2, 0.25) is 0 Å². The van der Waals surface area contributed by atoms with Crippen LogP contribution < -0.4 is 10.9 Å². The molecular formula is C17H10F3N5O2. The van der Waals surface area contributed by atoms with E-state index in [-0.39, 0.29) is 11.5 Å². The van der Waals surface area contributed by atoms with E-state index in [1.54, 1.807) is 12.1 Å². The molecule has 0 aliphatic heterocycles. The number of rotatable bonds is 3. The number of aromatic amines is 1. The van der Waals surface area contributed by atoms with Crippen LogP contribution in [0.1, 0.15) is 21.6 Å². The van der Waals surface area contributed by atoms with Crippen molar-refractivity contribution in [2.45, 2.75) is 6.18 Å². The van der Waals surface area contributed by atoms with Gasteiger partial charge in [0.15, 0.2) is 11.5 Å². The van der Waals surface area contributed by atoms with E-state index in [9.17, 15) is 22.8 Å². The van der Waals surface area contributed by atoms with Crippen molar-refractivity contribution in [1.29, 1.82) is 0 Å². The first kappa shape index (κ1) is 17.9. The number of hydrogen-bond donors (Lipinski definition) is 2. The first-order valence-corrected chi connectivity index (χ1v) is 7.39. The highest BCUT2D eigenvalue weighted by atomic mass is 19.4. The molecule has 0 aliphatic carbocycles. The maximum Gasteiger partial charge on any atom is 0.434 e. The summed E-state index contributed by atoms with van der Waals surface area (Å²) in [5.41, 5.74) is -1.93. The highest BCUT2D eigenvalue weighted by molar-refractivity contribution is 6.05. The molecular weight excluding hydrogens is 363 g/mol. The normalized spacial score (nSPS) is 11.0. The second-order valence-corrected chi connectivity index (χ2v) is 5.28. The molecule has 1 amide bonds. The SMILES string of the molecule is C#Cc1cccc(NC(=O)c2cnn(-c3ccc(=O)[nH]n3)c2C(F)(F)F)c1. The molecule has 3 rings (SSSR count). The molecule has 2 N–H and O–H groups in total. The molecule has 0 saturated heterocycles. The van der Waals surface area contributed by atoms with Gasteiger partial charge >= 0.3 is 6.18 Å². The lowest BCUT2D eigenvalue weighted by Crippen LogP contribution is -2.21. The Balaban J connectivity index is 2.02. The van der Waals surface area contributed by atoms with Crippen LogP contribution in [-0.2, 0) is 6.18 Å². The highest BCUT2D eigenvalue weighted by Crippen LogP contribution is 2.33. The van der Waals surface area contributed by atoms with Gasteiger partial charge in [-0.05, 0) is 24.3 Å². The second kappa shape index (κ2) is 6.80. The van der Waals surface area contributed by atoms with E-state index in [0.29, 0.717) is 10.2 Å². The van der Waals surface area contributed by atoms with Crippen LogP contribution >= 0.6 is 0 Å². The fourth-order valence-corrected chi connectivity index (χ4v) is 2.30. The third-order valence-electron chi connectivity index (χ3n) is 3.45. The summed E-state index contributed by atoms with van der Waals surface area (Å²) in [6.45, 7) is 0. The van der Waals surface area contributed by atoms with Crippen LogP contribution in [0.4, 0.5) is 18.9 Å². The Hall–Kier alpha value is -3.87. The predicted octanol–water partition coefficient (Wildman–Crippen LogP) is 2.21. The smallest absolute Gasteiger partial charge is 0.322 e. The van der Waals surface area contributed by atoms with Gasteiger partial charge in [0.2, 0.25) is 0 Å². The van der Waals surface area contributed by atoms with E-state index < -0.39 is 28.9 Å². The number of terminal acetylenes is 1. The van der Waals surface area contributed by atoms with Crippen LogP contribution in [0.15, 0.2) is 47.4 Å². The van der Waals surface area contributed by atoms with Crippen molar-refractivity contribution in [1.82, 2.24) is 20.0 Å². The number of hydrogen-bond acceptors (Lipinski definition) is 4. The maximum absolute atomic E-state index is 13.6. The molecule has 10 heteroatoms. The van der Waals surface area contributed by atoms with E-state index >= 15 is 0 Å². The number of halogens is 3. The number of carbonyl (C=O) groups is 1. The second-order valence-electron chi connectivity index (χ2n) is 5.28. The summed E-state index contributed by atoms with van der Waals surface area (Å²) >= 11 is 0. The molecule has 0 aliphatic rings. The summed E-state index contributed by atoms with van der Waals surface area (Å²) in [4.78, 5) is 23.4. The Bertz CT molecular complexity index is 1090. The van der Waals surface area contributed by atoms with Gasteiger partial charge in [-0.15, -0.1) is 6.42 Å². The zero-order valence-electron chi connectivity index (χ0n) is 13.4. The van der Waals surface area contributed by atoms with Crippen LogP contribution in [0.3, 0.4) is 0 Å². The molecule has 0 fully saturated rings. The Kier molecular flexibility index (Phi) is 4.51. The first-order valence-electron chi connectivity index (χ1n) is 7.39. The van der Waals surface area contributed by atoms with Crippen molar-refractivity contribution < 1.29 is 18.0 Å². The number of nitrogens with zero attached hydrogens (tertiary/aromatic N) is 3. The van der Waals surface area contributed by atoms with Crippen molar-refractivity contribution in [3.8, 4) is 18.2 Å². The zero-order chi connectivity index (χ0) is 19.6. The highest BCUT2D eigenvalue weighted by Gasteiger charge is 2.41. The average molecular weight is 373 g/mol. The minimum absolute atomic E-state index is 0.235. The largest absolute Gasteiger partial charge is 0.434 e. The summed E-state index contributed by atoms with van der Waals surface area (Å²) in [6, 6.07) is 8.15. The average Bonchev–Trinajstić information content (AvgIpc) is 3.08. The summed E-state index contributed by atoms with van der Waals surface area (Å²) in [7, 11) is 0. The molecule has 2 aromatic heterocycles. The molecule has 3 aromatic rings. The van der Waals surface area contributed by atoms with Crippen LogP contribution in [0.25, 0.3) is 5.82 Å². The van der Waals surface area contributed by atoms with E-state index in [0.717, 1.165) is 18.3 Å². The number of amides is 1. The van der Waals surface area contributed by atoms with E-state index in [2.05, 4.69) is 21.4 Å². The summed E-state index contributed by atoms with van der Waals surface area (Å²) in [5, 5.41) is 11.5. The standard InChI is InChI=1S/C17H10F3N5O2/c1-2-10-4-3-5-11(8-10)22-16(27)12-9-21-25(15(12)17(18,19)20)13-6-7-14(26)24-23-13/h1,3-9H,(H,22,27)(H,24,26). The van der Waals surface area contributed by atoms with Gasteiger partial charge < -0.3 is 5.32 Å². The zero-order valence-corrected chi connectivity index (χ0v) is 13.4. The van der Waals surface area contributed by atoms with Gasteiger partial charge in [-0.3, -0.25) is 9.59 Å². The quantitative estimate of drug-likeness (QED) is 0.689. The van der Waals surface area contributed by atoms with Gasteiger partial charge in [0, 0.05) is 17.3 Å². The fourth-order valence-electron chi connectivity index (χ4n) is 2.30. The number of H-pyrrole nitrogens is 1.